The monoisotopic (exact) mass is 392 g/mol. The van der Waals surface area contributed by atoms with E-state index in [0.717, 1.165) is 22.5 Å². The molecular weight excluding hydrogens is 368 g/mol. The molecule has 28 heavy (non-hydrogen) atoms. The molecule has 1 amide bonds. The molecule has 1 unspecified atom stereocenters. The van der Waals surface area contributed by atoms with Crippen LogP contribution in [0.15, 0.2) is 72.4 Å². The Kier molecular flexibility index (Phi) is 6.66. The van der Waals surface area contributed by atoms with Gasteiger partial charge in [-0.3, -0.25) is 9.36 Å². The lowest BCUT2D eigenvalue weighted by Crippen LogP contribution is -2.30. The first-order valence-corrected chi connectivity index (χ1v) is 10.1. The molecule has 1 atom stereocenters. The quantitative estimate of drug-likeness (QED) is 0.460. The van der Waals surface area contributed by atoms with Crippen molar-refractivity contribution in [2.75, 3.05) is 0 Å². The summed E-state index contributed by atoms with van der Waals surface area (Å²) in [6, 6.07) is 18.0. The molecule has 0 fully saturated rings. The molecule has 3 aromatic rings. The van der Waals surface area contributed by atoms with Crippen LogP contribution in [-0.2, 0) is 17.9 Å². The predicted molar refractivity (Wildman–Crippen MR) is 114 cm³/mol. The number of carbonyl (C=O) groups excluding carboxylic acids is 1. The highest BCUT2D eigenvalue weighted by Crippen LogP contribution is 2.27. The minimum Gasteiger partial charge on any atom is -0.351 e. The van der Waals surface area contributed by atoms with Crippen molar-refractivity contribution in [2.24, 2.45) is 0 Å². The number of allylic oxidation sites excluding steroid dienone is 1. The maximum atomic E-state index is 12.5. The first-order chi connectivity index (χ1) is 13.6. The van der Waals surface area contributed by atoms with E-state index in [1.165, 1.54) is 11.8 Å². The van der Waals surface area contributed by atoms with E-state index in [-0.39, 0.29) is 11.2 Å². The van der Waals surface area contributed by atoms with Crippen LogP contribution in [0.25, 0.3) is 11.4 Å². The van der Waals surface area contributed by atoms with E-state index in [9.17, 15) is 4.79 Å². The SMILES string of the molecule is C=CCn1c(SC(C)C(=O)NCc2ccccc2)nnc1-c1cccc(C)c1. The summed E-state index contributed by atoms with van der Waals surface area (Å²) < 4.78 is 1.99. The second-order valence-electron chi connectivity index (χ2n) is 6.54. The Morgan fingerprint density at radius 2 is 2.00 bits per heavy atom. The average Bonchev–Trinajstić information content (AvgIpc) is 3.09. The zero-order valence-electron chi connectivity index (χ0n) is 16.1. The molecule has 2 aromatic carbocycles. The highest BCUT2D eigenvalue weighted by molar-refractivity contribution is 8.00. The Hall–Kier alpha value is -2.86. The van der Waals surface area contributed by atoms with Gasteiger partial charge >= 0.3 is 0 Å². The van der Waals surface area contributed by atoms with Crippen molar-refractivity contribution < 1.29 is 4.79 Å². The van der Waals surface area contributed by atoms with Gasteiger partial charge in [-0.2, -0.15) is 0 Å². The largest absolute Gasteiger partial charge is 0.351 e. The summed E-state index contributed by atoms with van der Waals surface area (Å²) in [5.41, 5.74) is 3.24. The maximum absolute atomic E-state index is 12.5. The van der Waals surface area contributed by atoms with Crippen molar-refractivity contribution in [3.8, 4) is 11.4 Å². The van der Waals surface area contributed by atoms with Crippen LogP contribution < -0.4 is 5.32 Å². The molecule has 1 N–H and O–H groups in total. The fourth-order valence-electron chi connectivity index (χ4n) is 2.81. The molecule has 0 aliphatic heterocycles. The van der Waals surface area contributed by atoms with Gasteiger partial charge in [-0.05, 0) is 25.5 Å². The highest BCUT2D eigenvalue weighted by atomic mass is 32.2. The predicted octanol–water partition coefficient (Wildman–Crippen LogP) is 4.24. The van der Waals surface area contributed by atoms with E-state index in [4.69, 9.17) is 0 Å². The molecule has 0 spiro atoms. The molecule has 0 saturated heterocycles. The van der Waals surface area contributed by atoms with Crippen molar-refractivity contribution in [1.82, 2.24) is 20.1 Å². The summed E-state index contributed by atoms with van der Waals surface area (Å²) in [6.45, 7) is 8.86. The summed E-state index contributed by atoms with van der Waals surface area (Å²) in [6.07, 6.45) is 1.81. The van der Waals surface area contributed by atoms with E-state index in [1.54, 1.807) is 0 Å². The number of aryl methyl sites for hydroxylation is 1. The number of nitrogens with one attached hydrogen (secondary N) is 1. The fraction of sp³-hybridized carbons (Fsp3) is 0.227. The maximum Gasteiger partial charge on any atom is 0.233 e. The molecule has 0 radical (unpaired) electrons. The molecule has 3 rings (SSSR count). The van der Waals surface area contributed by atoms with Crippen LogP contribution in [0.2, 0.25) is 0 Å². The van der Waals surface area contributed by atoms with Crippen LogP contribution in [0, 0.1) is 6.92 Å². The molecule has 1 aromatic heterocycles. The minimum atomic E-state index is -0.290. The van der Waals surface area contributed by atoms with E-state index in [1.807, 2.05) is 73.0 Å². The molecule has 0 bridgehead atoms. The van der Waals surface area contributed by atoms with E-state index >= 15 is 0 Å². The zero-order valence-corrected chi connectivity index (χ0v) is 16.9. The van der Waals surface area contributed by atoms with Crippen molar-refractivity contribution in [2.45, 2.75) is 37.3 Å². The van der Waals surface area contributed by atoms with Gasteiger partial charge in [0.15, 0.2) is 11.0 Å². The van der Waals surface area contributed by atoms with Gasteiger partial charge in [0.2, 0.25) is 5.91 Å². The van der Waals surface area contributed by atoms with E-state index in [0.29, 0.717) is 18.2 Å². The van der Waals surface area contributed by atoms with Crippen LogP contribution in [0.4, 0.5) is 0 Å². The van der Waals surface area contributed by atoms with Gasteiger partial charge in [-0.25, -0.2) is 0 Å². The summed E-state index contributed by atoms with van der Waals surface area (Å²) in [7, 11) is 0. The lowest BCUT2D eigenvalue weighted by atomic mass is 10.1. The lowest BCUT2D eigenvalue weighted by molar-refractivity contribution is -0.120. The Morgan fingerprint density at radius 3 is 2.71 bits per heavy atom. The smallest absolute Gasteiger partial charge is 0.233 e. The van der Waals surface area contributed by atoms with Gasteiger partial charge in [0.25, 0.3) is 0 Å². The van der Waals surface area contributed by atoms with Crippen LogP contribution >= 0.6 is 11.8 Å². The zero-order chi connectivity index (χ0) is 19.9. The molecule has 1 heterocycles. The van der Waals surface area contributed by atoms with Gasteiger partial charge in [-0.15, -0.1) is 16.8 Å². The molecule has 0 saturated carbocycles. The third kappa shape index (κ3) is 4.89. The van der Waals surface area contributed by atoms with Crippen molar-refractivity contribution >= 4 is 17.7 Å². The topological polar surface area (TPSA) is 59.8 Å². The average molecular weight is 393 g/mol. The molecule has 0 aliphatic carbocycles. The third-order valence-corrected chi connectivity index (χ3v) is 5.35. The van der Waals surface area contributed by atoms with Crippen molar-refractivity contribution in [3.05, 3.63) is 78.4 Å². The van der Waals surface area contributed by atoms with Crippen LogP contribution in [-0.4, -0.2) is 25.9 Å². The van der Waals surface area contributed by atoms with Crippen molar-refractivity contribution in [3.63, 3.8) is 0 Å². The molecule has 144 valence electrons. The van der Waals surface area contributed by atoms with Gasteiger partial charge in [0.05, 0.1) is 5.25 Å². The Labute approximate surface area is 169 Å². The molecular formula is C22H24N4OS. The normalized spacial score (nSPS) is 11.8. The number of rotatable bonds is 8. The number of aromatic nitrogens is 3. The summed E-state index contributed by atoms with van der Waals surface area (Å²) >= 11 is 1.40. The van der Waals surface area contributed by atoms with Crippen molar-refractivity contribution in [1.29, 1.82) is 0 Å². The first-order valence-electron chi connectivity index (χ1n) is 9.18. The second-order valence-corrected chi connectivity index (χ2v) is 7.85. The lowest BCUT2D eigenvalue weighted by Gasteiger charge is -2.13. The molecule has 5 nitrogen and oxygen atoms in total. The number of benzene rings is 2. The highest BCUT2D eigenvalue weighted by Gasteiger charge is 2.20. The Bertz CT molecular complexity index is 952. The number of hydrogen-bond acceptors (Lipinski definition) is 4. The van der Waals surface area contributed by atoms with Crippen LogP contribution in [0.1, 0.15) is 18.1 Å². The van der Waals surface area contributed by atoms with Gasteiger partial charge in [-0.1, -0.05) is 71.9 Å². The number of hydrogen-bond donors (Lipinski definition) is 1. The Morgan fingerprint density at radius 1 is 1.21 bits per heavy atom. The van der Waals surface area contributed by atoms with Gasteiger partial charge in [0.1, 0.15) is 0 Å². The second kappa shape index (κ2) is 9.37. The number of amides is 1. The summed E-state index contributed by atoms with van der Waals surface area (Å²) in [4.78, 5) is 12.5. The Balaban J connectivity index is 1.72. The van der Waals surface area contributed by atoms with Gasteiger partial charge < -0.3 is 5.32 Å². The number of nitrogens with zero attached hydrogens (tertiary/aromatic N) is 3. The standard InChI is InChI=1S/C22H24N4OS/c1-4-13-26-20(19-12-8-9-16(2)14-19)24-25-22(26)28-17(3)21(27)23-15-18-10-6-5-7-11-18/h4-12,14,17H,1,13,15H2,2-3H3,(H,23,27). The number of thioether (sulfide) groups is 1. The number of carbonyl (C=O) groups is 1. The minimum absolute atomic E-state index is 0.0286. The molecule has 6 heteroatoms. The van der Waals surface area contributed by atoms with Gasteiger partial charge in [0, 0.05) is 18.7 Å². The van der Waals surface area contributed by atoms with Crippen LogP contribution in [0.3, 0.4) is 0 Å². The summed E-state index contributed by atoms with van der Waals surface area (Å²) in [5, 5.41) is 12.1. The fourth-order valence-corrected chi connectivity index (χ4v) is 3.69. The third-order valence-electron chi connectivity index (χ3n) is 4.27. The van der Waals surface area contributed by atoms with Crippen LogP contribution in [0.5, 0.6) is 0 Å². The summed E-state index contributed by atoms with van der Waals surface area (Å²) in [5.74, 6) is 0.752. The van der Waals surface area contributed by atoms with E-state index in [2.05, 4.69) is 28.2 Å². The molecule has 0 aliphatic rings. The van der Waals surface area contributed by atoms with E-state index < -0.39 is 0 Å². The first kappa shape index (κ1) is 19.9.